The van der Waals surface area contributed by atoms with Crippen LogP contribution < -0.4 is 10.1 Å². The summed E-state index contributed by atoms with van der Waals surface area (Å²) in [5, 5.41) is 16.7. The van der Waals surface area contributed by atoms with Crippen LogP contribution in [0.5, 0.6) is 5.75 Å². The minimum Gasteiger partial charge on any atom is -0.493 e. The Labute approximate surface area is 137 Å². The van der Waals surface area contributed by atoms with E-state index in [-0.39, 0.29) is 23.5 Å². The van der Waals surface area contributed by atoms with Crippen LogP contribution in [-0.2, 0) is 13.0 Å². The lowest BCUT2D eigenvalue weighted by molar-refractivity contribution is -0.385. The number of hydrogen-bond acceptors (Lipinski definition) is 6. The number of nitrogens with one attached hydrogen (secondary N) is 1. The molecule has 0 radical (unpaired) electrons. The summed E-state index contributed by atoms with van der Waals surface area (Å²) in [6.07, 6.45) is 0.831. The number of rotatable bonds is 7. The van der Waals surface area contributed by atoms with Gasteiger partial charge in [-0.1, -0.05) is 13.0 Å². The van der Waals surface area contributed by atoms with Crippen molar-refractivity contribution in [3.05, 3.63) is 50.0 Å². The van der Waals surface area contributed by atoms with Crippen molar-refractivity contribution < 1.29 is 14.5 Å². The van der Waals surface area contributed by atoms with Gasteiger partial charge in [0.2, 0.25) is 0 Å². The lowest BCUT2D eigenvalue weighted by Crippen LogP contribution is -2.24. The first-order valence-corrected chi connectivity index (χ1v) is 8.06. The molecule has 0 aliphatic rings. The highest BCUT2D eigenvalue weighted by molar-refractivity contribution is 7.09. The van der Waals surface area contributed by atoms with Crippen molar-refractivity contribution in [2.75, 3.05) is 6.61 Å². The summed E-state index contributed by atoms with van der Waals surface area (Å²) in [6, 6.07) is 4.33. The third kappa shape index (κ3) is 4.04. The summed E-state index contributed by atoms with van der Waals surface area (Å²) in [6.45, 7) is 4.28. The van der Waals surface area contributed by atoms with Gasteiger partial charge in [-0.05, 0) is 19.4 Å². The molecule has 23 heavy (non-hydrogen) atoms. The zero-order valence-corrected chi connectivity index (χ0v) is 13.7. The van der Waals surface area contributed by atoms with Gasteiger partial charge in [0.05, 0.1) is 28.8 Å². The van der Waals surface area contributed by atoms with Crippen molar-refractivity contribution in [3.8, 4) is 5.75 Å². The number of nitro groups is 1. The van der Waals surface area contributed by atoms with E-state index in [1.54, 1.807) is 13.0 Å². The zero-order valence-electron chi connectivity index (χ0n) is 12.9. The molecule has 0 fully saturated rings. The fourth-order valence-electron chi connectivity index (χ4n) is 2.03. The monoisotopic (exact) mass is 335 g/mol. The molecule has 1 N–H and O–H groups in total. The van der Waals surface area contributed by atoms with Gasteiger partial charge in [0, 0.05) is 11.4 Å². The van der Waals surface area contributed by atoms with Gasteiger partial charge in [0.25, 0.3) is 11.6 Å². The first-order valence-electron chi connectivity index (χ1n) is 7.18. The van der Waals surface area contributed by atoms with Gasteiger partial charge in [0.1, 0.15) is 5.75 Å². The third-order valence-electron chi connectivity index (χ3n) is 3.06. The lowest BCUT2D eigenvalue weighted by atomic mass is 10.1. The van der Waals surface area contributed by atoms with E-state index in [1.165, 1.54) is 23.5 Å². The first-order chi connectivity index (χ1) is 11.1. The van der Waals surface area contributed by atoms with Crippen molar-refractivity contribution in [1.82, 2.24) is 10.3 Å². The summed E-state index contributed by atoms with van der Waals surface area (Å²) in [7, 11) is 0. The van der Waals surface area contributed by atoms with Crippen molar-refractivity contribution in [1.29, 1.82) is 0 Å². The van der Waals surface area contributed by atoms with Crippen molar-refractivity contribution >= 4 is 22.9 Å². The number of nitrogens with zero attached hydrogens (tertiary/aromatic N) is 2. The Hall–Kier alpha value is -2.48. The summed E-state index contributed by atoms with van der Waals surface area (Å²) in [5.41, 5.74) is 0.392. The molecule has 1 heterocycles. The maximum Gasteiger partial charge on any atom is 0.285 e. The SMILES string of the molecule is CCOc1cccc([N+](=O)[O-])c1C(=O)NCc1csc(CC)n1. The summed E-state index contributed by atoms with van der Waals surface area (Å²) < 4.78 is 5.34. The number of thiazole rings is 1. The molecule has 7 nitrogen and oxygen atoms in total. The Bertz CT molecular complexity index is 714. The highest BCUT2D eigenvalue weighted by Gasteiger charge is 2.25. The summed E-state index contributed by atoms with van der Waals surface area (Å²) in [5.74, 6) is -0.349. The molecule has 0 saturated carbocycles. The number of carbonyl (C=O) groups excluding carboxylic acids is 1. The predicted octanol–water partition coefficient (Wildman–Crippen LogP) is 2.94. The Balaban J connectivity index is 2.21. The van der Waals surface area contributed by atoms with E-state index in [0.29, 0.717) is 6.61 Å². The van der Waals surface area contributed by atoms with Crippen molar-refractivity contribution in [2.24, 2.45) is 0 Å². The van der Waals surface area contributed by atoms with Gasteiger partial charge in [-0.3, -0.25) is 14.9 Å². The minimum absolute atomic E-state index is 0.0645. The van der Waals surface area contributed by atoms with E-state index in [4.69, 9.17) is 4.74 Å². The molecule has 0 bridgehead atoms. The van der Waals surface area contributed by atoms with Crippen LogP contribution in [0.1, 0.15) is 34.9 Å². The van der Waals surface area contributed by atoms with Gasteiger partial charge in [0.15, 0.2) is 5.56 Å². The Morgan fingerprint density at radius 3 is 2.83 bits per heavy atom. The smallest absolute Gasteiger partial charge is 0.285 e. The number of nitro benzene ring substituents is 1. The average Bonchev–Trinajstić information content (AvgIpc) is 3.00. The summed E-state index contributed by atoms with van der Waals surface area (Å²) >= 11 is 1.52. The number of benzene rings is 1. The van der Waals surface area contributed by atoms with Gasteiger partial charge < -0.3 is 10.1 Å². The molecule has 8 heteroatoms. The number of amides is 1. The molecule has 0 saturated heterocycles. The third-order valence-corrected chi connectivity index (χ3v) is 4.10. The lowest BCUT2D eigenvalue weighted by Gasteiger charge is -2.10. The van der Waals surface area contributed by atoms with E-state index in [9.17, 15) is 14.9 Å². The highest BCUT2D eigenvalue weighted by atomic mass is 32.1. The molecule has 2 rings (SSSR count). The number of carbonyl (C=O) groups is 1. The number of hydrogen-bond donors (Lipinski definition) is 1. The van der Waals surface area contributed by atoms with Crippen LogP contribution in [0.2, 0.25) is 0 Å². The van der Waals surface area contributed by atoms with Crippen LogP contribution in [-0.4, -0.2) is 22.4 Å². The summed E-state index contributed by atoms with van der Waals surface area (Å²) in [4.78, 5) is 27.3. The molecule has 2 aromatic rings. The van der Waals surface area contributed by atoms with E-state index < -0.39 is 10.8 Å². The quantitative estimate of drug-likeness (QED) is 0.620. The zero-order chi connectivity index (χ0) is 16.8. The molecule has 122 valence electrons. The normalized spacial score (nSPS) is 10.3. The Morgan fingerprint density at radius 2 is 2.22 bits per heavy atom. The topological polar surface area (TPSA) is 94.4 Å². The standard InChI is InChI=1S/C15H17N3O4S/c1-3-13-17-10(9-23-13)8-16-15(19)14-11(18(20)21)6-5-7-12(14)22-4-2/h5-7,9H,3-4,8H2,1-2H3,(H,16,19). The fraction of sp³-hybridized carbons (Fsp3) is 0.333. The van der Waals surface area contributed by atoms with Crippen LogP contribution >= 0.6 is 11.3 Å². The minimum atomic E-state index is -0.588. The molecule has 0 spiro atoms. The number of ether oxygens (including phenoxy) is 1. The van der Waals surface area contributed by atoms with E-state index in [0.717, 1.165) is 17.1 Å². The van der Waals surface area contributed by atoms with Gasteiger partial charge >= 0.3 is 0 Å². The molecule has 0 atom stereocenters. The van der Waals surface area contributed by atoms with Gasteiger partial charge in [-0.2, -0.15) is 0 Å². The van der Waals surface area contributed by atoms with Crippen LogP contribution in [0.4, 0.5) is 5.69 Å². The second kappa shape index (κ2) is 7.68. The number of aromatic nitrogens is 1. The highest BCUT2D eigenvalue weighted by Crippen LogP contribution is 2.28. The maximum absolute atomic E-state index is 12.4. The molecule has 0 unspecified atom stereocenters. The second-order valence-electron chi connectivity index (χ2n) is 4.61. The Morgan fingerprint density at radius 1 is 1.43 bits per heavy atom. The fourth-order valence-corrected chi connectivity index (χ4v) is 2.77. The van der Waals surface area contributed by atoms with Crippen LogP contribution in [0.25, 0.3) is 0 Å². The van der Waals surface area contributed by atoms with E-state index in [2.05, 4.69) is 10.3 Å². The van der Waals surface area contributed by atoms with Gasteiger partial charge in [-0.15, -0.1) is 11.3 Å². The molecule has 0 aliphatic carbocycles. The molecule has 1 aromatic heterocycles. The largest absolute Gasteiger partial charge is 0.493 e. The maximum atomic E-state index is 12.4. The van der Waals surface area contributed by atoms with Crippen LogP contribution in [0.15, 0.2) is 23.6 Å². The Kier molecular flexibility index (Phi) is 5.64. The van der Waals surface area contributed by atoms with Crippen LogP contribution in [0, 0.1) is 10.1 Å². The van der Waals surface area contributed by atoms with Crippen molar-refractivity contribution in [3.63, 3.8) is 0 Å². The first kappa shape index (κ1) is 16.9. The molecular formula is C15H17N3O4S. The van der Waals surface area contributed by atoms with E-state index in [1.807, 2.05) is 12.3 Å². The van der Waals surface area contributed by atoms with Gasteiger partial charge in [-0.25, -0.2) is 4.98 Å². The molecular weight excluding hydrogens is 318 g/mol. The number of aryl methyl sites for hydroxylation is 1. The second-order valence-corrected chi connectivity index (χ2v) is 5.55. The van der Waals surface area contributed by atoms with Crippen LogP contribution in [0.3, 0.4) is 0 Å². The average molecular weight is 335 g/mol. The molecule has 1 amide bonds. The molecule has 1 aromatic carbocycles. The van der Waals surface area contributed by atoms with E-state index >= 15 is 0 Å². The van der Waals surface area contributed by atoms with Crippen molar-refractivity contribution in [2.45, 2.75) is 26.8 Å². The predicted molar refractivity (Wildman–Crippen MR) is 86.9 cm³/mol. The molecule has 0 aliphatic heterocycles.